The number of thioether (sulfide) groups is 1. The van der Waals surface area contributed by atoms with E-state index in [2.05, 4.69) is 34.8 Å². The molecule has 5 nitrogen and oxygen atoms in total. The first-order valence-electron chi connectivity index (χ1n) is 9.57. The van der Waals surface area contributed by atoms with Gasteiger partial charge in [-0.3, -0.25) is 4.79 Å². The van der Waals surface area contributed by atoms with E-state index in [0.29, 0.717) is 24.1 Å². The lowest BCUT2D eigenvalue weighted by atomic mass is 9.98. The number of halogens is 1. The quantitative estimate of drug-likeness (QED) is 0.478. The van der Waals surface area contributed by atoms with Crippen LogP contribution in [-0.4, -0.2) is 34.9 Å². The number of methoxy groups -OCH3 is 1. The van der Waals surface area contributed by atoms with Crippen molar-refractivity contribution in [2.24, 2.45) is 0 Å². The molecule has 0 saturated carbocycles. The molecule has 0 aliphatic heterocycles. The van der Waals surface area contributed by atoms with Crippen molar-refractivity contribution in [1.82, 2.24) is 9.55 Å². The molecule has 0 radical (unpaired) electrons. The Bertz CT molecular complexity index is 1020. The summed E-state index contributed by atoms with van der Waals surface area (Å²) in [6.07, 6.45) is 0. The third-order valence-electron chi connectivity index (χ3n) is 4.72. The number of amides is 1. The van der Waals surface area contributed by atoms with Crippen LogP contribution in [0.5, 0.6) is 0 Å². The summed E-state index contributed by atoms with van der Waals surface area (Å²) in [5.74, 6) is 0.561. The number of aryl methyl sites for hydroxylation is 1. The second-order valence-electron chi connectivity index (χ2n) is 7.20. The van der Waals surface area contributed by atoms with Crippen LogP contribution in [0.1, 0.15) is 30.9 Å². The SMILES string of the molecule is COCCn1c(SCC(=O)Nc2c(C)cccc2C(C)C)nc2cc(Cl)ccc21. The number of rotatable bonds is 8. The molecule has 1 N–H and O–H groups in total. The Kier molecular flexibility index (Phi) is 7.22. The molecule has 0 fully saturated rings. The molecule has 0 aliphatic carbocycles. The van der Waals surface area contributed by atoms with Crippen LogP contribution in [0.15, 0.2) is 41.6 Å². The predicted octanol–water partition coefficient (Wildman–Crippen LogP) is 5.50. The monoisotopic (exact) mass is 431 g/mol. The van der Waals surface area contributed by atoms with Gasteiger partial charge >= 0.3 is 0 Å². The zero-order valence-electron chi connectivity index (χ0n) is 17.2. The van der Waals surface area contributed by atoms with Crippen molar-refractivity contribution in [1.29, 1.82) is 0 Å². The molecule has 0 unspecified atom stereocenters. The topological polar surface area (TPSA) is 56.1 Å². The lowest BCUT2D eigenvalue weighted by molar-refractivity contribution is -0.113. The Morgan fingerprint density at radius 1 is 1.31 bits per heavy atom. The number of fused-ring (bicyclic) bond motifs is 1. The molecular formula is C22H26ClN3O2S. The summed E-state index contributed by atoms with van der Waals surface area (Å²) in [5.41, 5.74) is 4.92. The number of aromatic nitrogens is 2. The fraction of sp³-hybridized carbons (Fsp3) is 0.364. The third-order valence-corrected chi connectivity index (χ3v) is 5.93. The number of carbonyl (C=O) groups excluding carboxylic acids is 1. The molecule has 3 aromatic rings. The lowest BCUT2D eigenvalue weighted by Gasteiger charge is -2.16. The first kappa shape index (κ1) is 21.7. The van der Waals surface area contributed by atoms with Crippen molar-refractivity contribution in [2.75, 3.05) is 24.8 Å². The summed E-state index contributed by atoms with van der Waals surface area (Å²) >= 11 is 7.53. The molecule has 3 rings (SSSR count). The molecule has 0 atom stereocenters. The lowest BCUT2D eigenvalue weighted by Crippen LogP contribution is -2.17. The van der Waals surface area contributed by atoms with Gasteiger partial charge in [0.2, 0.25) is 5.91 Å². The zero-order chi connectivity index (χ0) is 21.0. The molecule has 2 aromatic carbocycles. The Morgan fingerprint density at radius 2 is 2.10 bits per heavy atom. The fourth-order valence-electron chi connectivity index (χ4n) is 3.24. The van der Waals surface area contributed by atoms with E-state index < -0.39 is 0 Å². The van der Waals surface area contributed by atoms with E-state index in [1.54, 1.807) is 7.11 Å². The van der Waals surface area contributed by atoms with Crippen LogP contribution >= 0.6 is 23.4 Å². The first-order valence-corrected chi connectivity index (χ1v) is 10.9. The number of nitrogens with one attached hydrogen (secondary N) is 1. The summed E-state index contributed by atoms with van der Waals surface area (Å²) in [6.45, 7) is 7.50. The van der Waals surface area contributed by atoms with Crippen LogP contribution in [0.25, 0.3) is 11.0 Å². The van der Waals surface area contributed by atoms with Gasteiger partial charge in [0.15, 0.2) is 5.16 Å². The molecule has 0 aliphatic rings. The number of imidazole rings is 1. The Balaban J connectivity index is 1.78. The van der Waals surface area contributed by atoms with Gasteiger partial charge in [-0.05, 0) is 42.2 Å². The van der Waals surface area contributed by atoms with Crippen molar-refractivity contribution in [3.8, 4) is 0 Å². The van der Waals surface area contributed by atoms with E-state index >= 15 is 0 Å². The average molecular weight is 432 g/mol. The molecule has 154 valence electrons. The molecule has 1 aromatic heterocycles. The van der Waals surface area contributed by atoms with Crippen LogP contribution < -0.4 is 5.32 Å². The summed E-state index contributed by atoms with van der Waals surface area (Å²) < 4.78 is 7.30. The van der Waals surface area contributed by atoms with E-state index in [1.165, 1.54) is 11.8 Å². The molecule has 0 saturated heterocycles. The fourth-order valence-corrected chi connectivity index (χ4v) is 4.24. The van der Waals surface area contributed by atoms with Crippen molar-refractivity contribution in [3.63, 3.8) is 0 Å². The number of benzene rings is 2. The van der Waals surface area contributed by atoms with Crippen LogP contribution in [0.2, 0.25) is 5.02 Å². The van der Waals surface area contributed by atoms with Gasteiger partial charge in [-0.25, -0.2) is 4.98 Å². The molecule has 0 spiro atoms. The Labute approximate surface area is 180 Å². The maximum Gasteiger partial charge on any atom is 0.234 e. The molecule has 0 bridgehead atoms. The number of nitrogens with zero attached hydrogens (tertiary/aromatic N) is 2. The van der Waals surface area contributed by atoms with Gasteiger partial charge in [-0.2, -0.15) is 0 Å². The number of anilines is 1. The van der Waals surface area contributed by atoms with Crippen LogP contribution in [0.3, 0.4) is 0 Å². The van der Waals surface area contributed by atoms with Gasteiger partial charge < -0.3 is 14.6 Å². The highest BCUT2D eigenvalue weighted by atomic mass is 35.5. The van der Waals surface area contributed by atoms with Crippen LogP contribution in [0, 0.1) is 6.92 Å². The summed E-state index contributed by atoms with van der Waals surface area (Å²) in [6, 6.07) is 11.7. The Morgan fingerprint density at radius 3 is 2.83 bits per heavy atom. The number of carbonyl (C=O) groups is 1. The summed E-state index contributed by atoms with van der Waals surface area (Å²) in [7, 11) is 1.67. The van der Waals surface area contributed by atoms with Crippen LogP contribution in [0.4, 0.5) is 5.69 Å². The highest BCUT2D eigenvalue weighted by Crippen LogP contribution is 2.29. The van der Waals surface area contributed by atoms with Crippen LogP contribution in [-0.2, 0) is 16.1 Å². The summed E-state index contributed by atoms with van der Waals surface area (Å²) in [5, 5.41) is 4.52. The first-order chi connectivity index (χ1) is 13.9. The minimum absolute atomic E-state index is 0.0467. The highest BCUT2D eigenvalue weighted by Gasteiger charge is 2.16. The molecule has 1 heterocycles. The number of hydrogen-bond donors (Lipinski definition) is 1. The van der Waals surface area contributed by atoms with Crippen molar-refractivity contribution in [3.05, 3.63) is 52.5 Å². The summed E-state index contributed by atoms with van der Waals surface area (Å²) in [4.78, 5) is 17.4. The zero-order valence-corrected chi connectivity index (χ0v) is 18.7. The van der Waals surface area contributed by atoms with Gasteiger partial charge in [0.25, 0.3) is 0 Å². The van der Waals surface area contributed by atoms with Gasteiger partial charge in [0.1, 0.15) is 0 Å². The largest absolute Gasteiger partial charge is 0.383 e. The predicted molar refractivity (Wildman–Crippen MR) is 121 cm³/mol. The minimum atomic E-state index is -0.0467. The smallest absolute Gasteiger partial charge is 0.234 e. The van der Waals surface area contributed by atoms with Gasteiger partial charge in [-0.15, -0.1) is 0 Å². The second kappa shape index (κ2) is 9.65. The molecule has 29 heavy (non-hydrogen) atoms. The van der Waals surface area contributed by atoms with E-state index in [1.807, 2.05) is 37.3 Å². The third kappa shape index (κ3) is 5.13. The molecular weight excluding hydrogens is 406 g/mol. The Hall–Kier alpha value is -2.02. The number of para-hydroxylation sites is 1. The normalized spacial score (nSPS) is 11.4. The van der Waals surface area contributed by atoms with Crippen molar-refractivity contribution in [2.45, 2.75) is 38.4 Å². The van der Waals surface area contributed by atoms with Gasteiger partial charge in [0, 0.05) is 24.4 Å². The van der Waals surface area contributed by atoms with E-state index in [0.717, 1.165) is 33.0 Å². The van der Waals surface area contributed by atoms with E-state index in [-0.39, 0.29) is 11.7 Å². The standard InChI is InChI=1S/C22H26ClN3O2S/c1-14(2)17-7-5-6-15(3)21(17)25-20(27)13-29-22-24-18-12-16(23)8-9-19(18)26(22)10-11-28-4/h5-9,12,14H,10-11,13H2,1-4H3,(H,25,27). The van der Waals surface area contributed by atoms with Gasteiger partial charge in [0.05, 0.1) is 23.4 Å². The van der Waals surface area contributed by atoms with Crippen molar-refractivity contribution < 1.29 is 9.53 Å². The minimum Gasteiger partial charge on any atom is -0.383 e. The van der Waals surface area contributed by atoms with Crippen molar-refractivity contribution >= 4 is 46.0 Å². The van der Waals surface area contributed by atoms with E-state index in [4.69, 9.17) is 16.3 Å². The maximum atomic E-state index is 12.7. The second-order valence-corrected chi connectivity index (χ2v) is 8.58. The molecule has 1 amide bonds. The number of ether oxygens (including phenoxy) is 1. The highest BCUT2D eigenvalue weighted by molar-refractivity contribution is 7.99. The maximum absolute atomic E-state index is 12.7. The molecule has 7 heteroatoms. The number of hydrogen-bond acceptors (Lipinski definition) is 4. The van der Waals surface area contributed by atoms with Gasteiger partial charge in [-0.1, -0.05) is 55.4 Å². The van der Waals surface area contributed by atoms with E-state index in [9.17, 15) is 4.79 Å². The average Bonchev–Trinajstić information content (AvgIpc) is 3.02.